The van der Waals surface area contributed by atoms with Crippen LogP contribution in [0.4, 0.5) is 0 Å². The molecule has 76 valence electrons. The molecule has 0 saturated carbocycles. The fourth-order valence-electron chi connectivity index (χ4n) is 1.52. The molecule has 0 unspecified atom stereocenters. The molecule has 0 bridgehead atoms. The van der Waals surface area contributed by atoms with Crippen LogP contribution in [0.5, 0.6) is 0 Å². The van der Waals surface area contributed by atoms with Crippen molar-refractivity contribution in [1.82, 2.24) is 9.97 Å². The quantitative estimate of drug-likeness (QED) is 0.413. The number of nitrogens with one attached hydrogen (secondary N) is 2. The third-order valence-electron chi connectivity index (χ3n) is 2.20. The molecule has 15 heavy (non-hydrogen) atoms. The highest BCUT2D eigenvalue weighted by molar-refractivity contribution is 6.33. The molecular formula is C10H12BN3O. The van der Waals surface area contributed by atoms with E-state index in [-0.39, 0.29) is 5.90 Å². The highest BCUT2D eigenvalue weighted by Crippen LogP contribution is 2.15. The first-order valence-electron chi connectivity index (χ1n) is 4.88. The fourth-order valence-corrected chi connectivity index (χ4v) is 1.52. The van der Waals surface area contributed by atoms with Crippen molar-refractivity contribution in [3.63, 3.8) is 0 Å². The number of pyridine rings is 1. The van der Waals surface area contributed by atoms with Crippen molar-refractivity contribution in [2.24, 2.45) is 0 Å². The third kappa shape index (κ3) is 1.72. The summed E-state index contributed by atoms with van der Waals surface area (Å²) in [7, 11) is 1.98. The zero-order chi connectivity index (χ0) is 10.8. The van der Waals surface area contributed by atoms with E-state index in [0.29, 0.717) is 6.61 Å². The molecule has 4 nitrogen and oxygen atoms in total. The smallest absolute Gasteiger partial charge is 0.215 e. The Morgan fingerprint density at radius 2 is 2.47 bits per heavy atom. The van der Waals surface area contributed by atoms with Gasteiger partial charge in [-0.25, -0.2) is 4.98 Å². The molecule has 5 heteroatoms. The number of fused-ring (bicyclic) bond motifs is 1. The number of hydrogen-bond acceptors (Lipinski definition) is 3. The number of aromatic nitrogens is 2. The van der Waals surface area contributed by atoms with Crippen LogP contribution in [0.25, 0.3) is 11.0 Å². The lowest BCUT2D eigenvalue weighted by Crippen LogP contribution is -2.06. The van der Waals surface area contributed by atoms with Crippen LogP contribution in [0.3, 0.4) is 0 Å². The summed E-state index contributed by atoms with van der Waals surface area (Å²) in [6.07, 6.45) is 3.56. The molecule has 0 radical (unpaired) electrons. The number of nitrogens with zero attached hydrogens (tertiary/aromatic N) is 1. The van der Waals surface area contributed by atoms with Gasteiger partial charge in [0.2, 0.25) is 5.90 Å². The van der Waals surface area contributed by atoms with E-state index >= 15 is 0 Å². The third-order valence-corrected chi connectivity index (χ3v) is 2.20. The van der Waals surface area contributed by atoms with E-state index in [9.17, 15) is 0 Å². The molecule has 0 aliphatic carbocycles. The molecule has 0 aliphatic heterocycles. The van der Waals surface area contributed by atoms with Crippen molar-refractivity contribution in [2.75, 3.05) is 6.61 Å². The summed E-state index contributed by atoms with van der Waals surface area (Å²) in [5, 5.41) is 8.67. The zero-order valence-electron chi connectivity index (χ0n) is 8.79. The average Bonchev–Trinajstić information content (AvgIpc) is 2.60. The largest absolute Gasteiger partial charge is 0.478 e. The van der Waals surface area contributed by atoms with Gasteiger partial charge < -0.3 is 9.72 Å². The second-order valence-corrected chi connectivity index (χ2v) is 3.37. The van der Waals surface area contributed by atoms with Crippen molar-refractivity contribution in [1.29, 1.82) is 5.41 Å². The standard InChI is InChI=1S/C10H12BN3O/c1-2-15-9(12)8-5-14-10-7(8)3-6(11)4-13-10/h3-5,12H,2,11H2,1H3,(H,13,14). The maximum Gasteiger partial charge on any atom is 0.215 e. The lowest BCUT2D eigenvalue weighted by molar-refractivity contribution is 0.326. The first-order chi connectivity index (χ1) is 7.22. The SMILES string of the molecule is Bc1cnc2[nH]cc(C(=N)OCC)c2c1. The van der Waals surface area contributed by atoms with E-state index in [1.807, 2.05) is 20.8 Å². The number of ether oxygens (including phenoxy) is 1. The molecule has 0 saturated heterocycles. The molecular weight excluding hydrogens is 189 g/mol. The molecule has 0 fully saturated rings. The molecule has 2 heterocycles. The van der Waals surface area contributed by atoms with E-state index in [0.717, 1.165) is 22.1 Å². The molecule has 2 aromatic rings. The first kappa shape index (κ1) is 9.77. The van der Waals surface area contributed by atoms with Gasteiger partial charge in [0, 0.05) is 17.8 Å². The molecule has 0 aliphatic rings. The van der Waals surface area contributed by atoms with Crippen LogP contribution in [0.15, 0.2) is 18.5 Å². The van der Waals surface area contributed by atoms with Crippen LogP contribution in [0, 0.1) is 5.41 Å². The summed E-state index contributed by atoms with van der Waals surface area (Å²) in [5.41, 5.74) is 2.63. The summed E-state index contributed by atoms with van der Waals surface area (Å²) < 4.78 is 5.17. The summed E-state index contributed by atoms with van der Waals surface area (Å²) in [4.78, 5) is 7.26. The minimum Gasteiger partial charge on any atom is -0.478 e. The number of aromatic amines is 1. The molecule has 2 rings (SSSR count). The molecule has 0 spiro atoms. The van der Waals surface area contributed by atoms with Crippen LogP contribution < -0.4 is 5.46 Å². The molecule has 2 N–H and O–H groups in total. The lowest BCUT2D eigenvalue weighted by atomic mass is 9.97. The Bertz CT molecular complexity index is 506. The maximum absolute atomic E-state index is 7.73. The van der Waals surface area contributed by atoms with Gasteiger partial charge in [0.25, 0.3) is 0 Å². The second kappa shape index (κ2) is 3.77. The van der Waals surface area contributed by atoms with Crippen LogP contribution in [0.1, 0.15) is 12.5 Å². The Kier molecular flexibility index (Phi) is 2.45. The van der Waals surface area contributed by atoms with Crippen molar-refractivity contribution in [2.45, 2.75) is 6.92 Å². The van der Waals surface area contributed by atoms with Gasteiger partial charge in [0.15, 0.2) is 0 Å². The molecule has 0 amide bonds. The zero-order valence-corrected chi connectivity index (χ0v) is 8.79. The highest BCUT2D eigenvalue weighted by atomic mass is 16.5. The number of rotatable bonds is 2. The first-order valence-corrected chi connectivity index (χ1v) is 4.88. The number of hydrogen-bond donors (Lipinski definition) is 2. The number of H-pyrrole nitrogens is 1. The Balaban J connectivity index is 2.52. The van der Waals surface area contributed by atoms with Gasteiger partial charge in [-0.1, -0.05) is 11.5 Å². The van der Waals surface area contributed by atoms with Crippen molar-refractivity contribution in [3.05, 3.63) is 24.0 Å². The van der Waals surface area contributed by atoms with Crippen molar-refractivity contribution < 1.29 is 4.74 Å². The van der Waals surface area contributed by atoms with Crippen molar-refractivity contribution in [3.8, 4) is 0 Å². The minimum absolute atomic E-state index is 0.191. The molecule has 2 aromatic heterocycles. The Labute approximate surface area is 88.6 Å². The van der Waals surface area contributed by atoms with Gasteiger partial charge in [-0.05, 0) is 6.92 Å². The van der Waals surface area contributed by atoms with Gasteiger partial charge in [0.1, 0.15) is 13.5 Å². The van der Waals surface area contributed by atoms with Gasteiger partial charge >= 0.3 is 0 Å². The predicted molar refractivity (Wildman–Crippen MR) is 62.7 cm³/mol. The van der Waals surface area contributed by atoms with Crippen LogP contribution in [-0.2, 0) is 4.74 Å². The monoisotopic (exact) mass is 201 g/mol. The second-order valence-electron chi connectivity index (χ2n) is 3.37. The van der Waals surface area contributed by atoms with Gasteiger partial charge in [-0.3, -0.25) is 5.41 Å². The predicted octanol–water partition coefficient (Wildman–Crippen LogP) is 0.183. The Hall–Kier alpha value is -1.78. The van der Waals surface area contributed by atoms with Crippen molar-refractivity contribution >= 4 is 30.2 Å². The van der Waals surface area contributed by atoms with Crippen LogP contribution in [0.2, 0.25) is 0 Å². The van der Waals surface area contributed by atoms with E-state index in [1.165, 1.54) is 0 Å². The fraction of sp³-hybridized carbons (Fsp3) is 0.200. The van der Waals surface area contributed by atoms with Gasteiger partial charge in [0.05, 0.1) is 12.2 Å². The van der Waals surface area contributed by atoms with Gasteiger partial charge in [-0.15, -0.1) is 0 Å². The van der Waals surface area contributed by atoms with Crippen LogP contribution >= 0.6 is 0 Å². The normalized spacial score (nSPS) is 10.5. The summed E-state index contributed by atoms with van der Waals surface area (Å²) >= 11 is 0. The topological polar surface area (TPSA) is 61.8 Å². The summed E-state index contributed by atoms with van der Waals surface area (Å²) in [6, 6.07) is 2.00. The highest BCUT2D eigenvalue weighted by Gasteiger charge is 2.09. The Morgan fingerprint density at radius 1 is 1.67 bits per heavy atom. The summed E-state index contributed by atoms with van der Waals surface area (Å²) in [6.45, 7) is 2.37. The van der Waals surface area contributed by atoms with Gasteiger partial charge in [-0.2, -0.15) is 0 Å². The molecule has 0 atom stereocenters. The van der Waals surface area contributed by atoms with E-state index < -0.39 is 0 Å². The summed E-state index contributed by atoms with van der Waals surface area (Å²) in [5.74, 6) is 0.191. The van der Waals surface area contributed by atoms with E-state index in [1.54, 1.807) is 12.4 Å². The average molecular weight is 201 g/mol. The lowest BCUT2D eigenvalue weighted by Gasteiger charge is -2.02. The molecule has 0 aromatic carbocycles. The Morgan fingerprint density at radius 3 is 3.20 bits per heavy atom. The maximum atomic E-state index is 7.73. The van der Waals surface area contributed by atoms with E-state index in [4.69, 9.17) is 10.1 Å². The van der Waals surface area contributed by atoms with E-state index in [2.05, 4.69) is 9.97 Å². The van der Waals surface area contributed by atoms with Crippen LogP contribution in [-0.4, -0.2) is 30.3 Å². The minimum atomic E-state index is 0.191.